The van der Waals surface area contributed by atoms with Crippen molar-refractivity contribution in [2.24, 2.45) is 5.73 Å². The smallest absolute Gasteiger partial charge is 0.106 e. The van der Waals surface area contributed by atoms with Crippen LogP contribution in [-0.4, -0.2) is 9.97 Å². The van der Waals surface area contributed by atoms with Crippen LogP contribution in [0.3, 0.4) is 0 Å². The summed E-state index contributed by atoms with van der Waals surface area (Å²) in [6, 6.07) is 0.168. The largest absolute Gasteiger partial charge is 0.346 e. The third-order valence-corrected chi connectivity index (χ3v) is 4.67. The first kappa shape index (κ1) is 16.5. The van der Waals surface area contributed by atoms with E-state index in [4.69, 9.17) is 10.7 Å². The summed E-state index contributed by atoms with van der Waals surface area (Å²) in [4.78, 5) is 8.22. The summed E-state index contributed by atoms with van der Waals surface area (Å²) in [6.07, 6.45) is 16.9. The highest BCUT2D eigenvalue weighted by Crippen LogP contribution is 2.26. The first-order valence-electron chi connectivity index (χ1n) is 9.14. The van der Waals surface area contributed by atoms with E-state index in [0.717, 1.165) is 25.0 Å². The Morgan fingerprint density at radius 2 is 1.71 bits per heavy atom. The maximum absolute atomic E-state index is 6.12. The van der Waals surface area contributed by atoms with Crippen LogP contribution in [0.1, 0.15) is 101 Å². The Morgan fingerprint density at radius 1 is 1.05 bits per heavy atom. The molecule has 0 bridgehead atoms. The number of hydrogen-bond acceptors (Lipinski definition) is 2. The molecular formula is C18H33N3. The lowest BCUT2D eigenvalue weighted by Crippen LogP contribution is -2.17. The Bertz CT molecular complexity index is 397. The fourth-order valence-electron chi connectivity index (χ4n) is 3.33. The van der Waals surface area contributed by atoms with Crippen molar-refractivity contribution in [2.45, 2.75) is 96.4 Å². The molecule has 0 aliphatic heterocycles. The van der Waals surface area contributed by atoms with E-state index in [1.807, 2.05) is 0 Å². The normalized spacial score (nSPS) is 17.9. The third-order valence-electron chi connectivity index (χ3n) is 4.67. The van der Waals surface area contributed by atoms with Crippen molar-refractivity contribution in [3.63, 3.8) is 0 Å². The van der Waals surface area contributed by atoms with Gasteiger partial charge in [0.05, 0.1) is 5.69 Å². The van der Waals surface area contributed by atoms with Gasteiger partial charge in [-0.3, -0.25) is 0 Å². The monoisotopic (exact) mass is 291 g/mol. The molecule has 0 saturated carbocycles. The highest BCUT2D eigenvalue weighted by Gasteiger charge is 2.20. The summed E-state index contributed by atoms with van der Waals surface area (Å²) in [5.41, 5.74) is 8.57. The van der Waals surface area contributed by atoms with E-state index in [9.17, 15) is 0 Å². The van der Waals surface area contributed by atoms with Gasteiger partial charge in [0.15, 0.2) is 0 Å². The lowest BCUT2D eigenvalue weighted by molar-refractivity contribution is 0.554. The third kappa shape index (κ3) is 5.46. The molecule has 3 heteroatoms. The minimum absolute atomic E-state index is 0.168. The number of imidazole rings is 1. The molecule has 1 aliphatic rings. The molecule has 1 aromatic rings. The number of nitrogens with two attached hydrogens (primary N) is 1. The zero-order chi connectivity index (χ0) is 14.9. The van der Waals surface area contributed by atoms with Gasteiger partial charge >= 0.3 is 0 Å². The topological polar surface area (TPSA) is 54.7 Å². The minimum Gasteiger partial charge on any atom is -0.346 e. The molecule has 3 nitrogen and oxygen atoms in total. The van der Waals surface area contributed by atoms with E-state index < -0.39 is 0 Å². The molecule has 0 fully saturated rings. The number of aryl methyl sites for hydroxylation is 2. The zero-order valence-corrected chi connectivity index (χ0v) is 13.8. The first-order chi connectivity index (χ1) is 10.3. The second-order valence-corrected chi connectivity index (χ2v) is 6.62. The van der Waals surface area contributed by atoms with Crippen molar-refractivity contribution in [3.8, 4) is 0 Å². The number of rotatable bonds is 10. The summed E-state index contributed by atoms with van der Waals surface area (Å²) in [5.74, 6) is 1.17. The van der Waals surface area contributed by atoms with Gasteiger partial charge in [-0.05, 0) is 25.7 Å². The molecule has 120 valence electrons. The summed E-state index contributed by atoms with van der Waals surface area (Å²) < 4.78 is 0. The molecule has 1 aromatic heterocycles. The lowest BCUT2D eigenvalue weighted by atomic mass is 9.97. The number of hydrogen-bond donors (Lipinski definition) is 2. The van der Waals surface area contributed by atoms with Crippen molar-refractivity contribution in [1.29, 1.82) is 0 Å². The fraction of sp³-hybridized carbons (Fsp3) is 0.833. The van der Waals surface area contributed by atoms with E-state index in [-0.39, 0.29) is 6.04 Å². The predicted octanol–water partition coefficient (Wildman–Crippen LogP) is 4.82. The van der Waals surface area contributed by atoms with Gasteiger partial charge in [-0.2, -0.15) is 0 Å². The molecule has 0 amide bonds. The van der Waals surface area contributed by atoms with Gasteiger partial charge in [0.25, 0.3) is 0 Å². The maximum Gasteiger partial charge on any atom is 0.106 e. The van der Waals surface area contributed by atoms with Gasteiger partial charge in [-0.15, -0.1) is 0 Å². The van der Waals surface area contributed by atoms with Crippen molar-refractivity contribution < 1.29 is 0 Å². The van der Waals surface area contributed by atoms with Crippen LogP contribution in [0.2, 0.25) is 0 Å². The fourth-order valence-corrected chi connectivity index (χ4v) is 3.33. The van der Waals surface area contributed by atoms with Crippen LogP contribution in [-0.2, 0) is 12.8 Å². The number of nitrogens with zero attached hydrogens (tertiary/aromatic N) is 1. The Morgan fingerprint density at radius 3 is 2.38 bits per heavy atom. The summed E-state index contributed by atoms with van der Waals surface area (Å²) in [7, 11) is 0. The molecule has 1 heterocycles. The number of H-pyrrole nitrogens is 1. The van der Waals surface area contributed by atoms with Gasteiger partial charge in [0.2, 0.25) is 0 Å². The Hall–Kier alpha value is -0.830. The molecule has 0 spiro atoms. The van der Waals surface area contributed by atoms with E-state index >= 15 is 0 Å². The number of fused-ring (bicyclic) bond motifs is 1. The van der Waals surface area contributed by atoms with E-state index in [1.54, 1.807) is 0 Å². The van der Waals surface area contributed by atoms with E-state index in [2.05, 4.69) is 11.9 Å². The van der Waals surface area contributed by atoms with Crippen LogP contribution >= 0.6 is 0 Å². The van der Waals surface area contributed by atoms with Gasteiger partial charge in [0, 0.05) is 18.2 Å². The maximum atomic E-state index is 6.12. The molecule has 3 N–H and O–H groups in total. The van der Waals surface area contributed by atoms with Crippen molar-refractivity contribution in [1.82, 2.24) is 9.97 Å². The molecule has 0 saturated heterocycles. The molecule has 1 atom stereocenters. The Labute approximate surface area is 130 Å². The zero-order valence-electron chi connectivity index (χ0n) is 13.8. The van der Waals surface area contributed by atoms with Gasteiger partial charge < -0.3 is 10.7 Å². The van der Waals surface area contributed by atoms with E-state index in [0.29, 0.717) is 0 Å². The highest BCUT2D eigenvalue weighted by atomic mass is 15.0. The highest BCUT2D eigenvalue weighted by molar-refractivity contribution is 5.21. The van der Waals surface area contributed by atoms with Crippen molar-refractivity contribution in [2.75, 3.05) is 0 Å². The van der Waals surface area contributed by atoms with Gasteiger partial charge in [-0.1, -0.05) is 58.3 Å². The Balaban J connectivity index is 1.55. The predicted molar refractivity (Wildman–Crippen MR) is 89.4 cm³/mol. The quantitative estimate of drug-likeness (QED) is 0.607. The van der Waals surface area contributed by atoms with Crippen molar-refractivity contribution in [3.05, 3.63) is 17.2 Å². The first-order valence-corrected chi connectivity index (χ1v) is 9.14. The van der Waals surface area contributed by atoms with Crippen LogP contribution in [0, 0.1) is 0 Å². The average molecular weight is 291 g/mol. The van der Waals surface area contributed by atoms with Gasteiger partial charge in [0.1, 0.15) is 5.82 Å². The van der Waals surface area contributed by atoms with Crippen molar-refractivity contribution >= 4 is 0 Å². The second-order valence-electron chi connectivity index (χ2n) is 6.62. The molecule has 1 aliphatic carbocycles. The van der Waals surface area contributed by atoms with Crippen LogP contribution in [0.15, 0.2) is 0 Å². The molecule has 0 radical (unpaired) electrons. The van der Waals surface area contributed by atoms with Crippen LogP contribution in [0.4, 0.5) is 0 Å². The number of aromatic amines is 1. The average Bonchev–Trinajstić information content (AvgIpc) is 2.90. The lowest BCUT2D eigenvalue weighted by Gasteiger charge is -2.15. The minimum atomic E-state index is 0.168. The molecule has 1 unspecified atom stereocenters. The van der Waals surface area contributed by atoms with Crippen LogP contribution in [0.25, 0.3) is 0 Å². The second kappa shape index (κ2) is 9.24. The summed E-state index contributed by atoms with van der Waals surface area (Å²) in [6.45, 7) is 2.28. The van der Waals surface area contributed by atoms with Crippen LogP contribution < -0.4 is 5.73 Å². The standard InChI is InChI=1S/C18H33N3/c1-2-3-4-5-6-7-8-9-10-14-17-20-16-13-11-12-15(19)18(16)21-17/h15H,2-14,19H2,1H3,(H,20,21). The SMILES string of the molecule is CCCCCCCCCCCc1nc2c([nH]1)CCCC2N. The number of nitrogens with one attached hydrogen (secondary N) is 1. The molecular weight excluding hydrogens is 258 g/mol. The van der Waals surface area contributed by atoms with Gasteiger partial charge in [-0.25, -0.2) is 4.98 Å². The summed E-state index contributed by atoms with van der Waals surface area (Å²) >= 11 is 0. The molecule has 2 rings (SSSR count). The number of unbranched alkanes of at least 4 members (excludes halogenated alkanes) is 8. The number of aromatic nitrogens is 2. The Kier molecular flexibility index (Phi) is 7.28. The van der Waals surface area contributed by atoms with E-state index in [1.165, 1.54) is 75.7 Å². The summed E-state index contributed by atoms with van der Waals surface area (Å²) in [5, 5.41) is 0. The molecule has 0 aromatic carbocycles. The van der Waals surface area contributed by atoms with Crippen LogP contribution in [0.5, 0.6) is 0 Å². The molecule has 21 heavy (non-hydrogen) atoms.